The van der Waals surface area contributed by atoms with Gasteiger partial charge in [-0.1, -0.05) is 18.2 Å². The maximum Gasteiger partial charge on any atom is 0.257 e. The molecular formula is C20H26N3O2S+. The zero-order valence-corrected chi connectivity index (χ0v) is 16.4. The molecule has 0 saturated carbocycles. The van der Waals surface area contributed by atoms with Crippen molar-refractivity contribution in [2.75, 3.05) is 38.0 Å². The third-order valence-electron chi connectivity index (χ3n) is 5.12. The zero-order chi connectivity index (χ0) is 18.7. The second-order valence-electron chi connectivity index (χ2n) is 6.70. The highest BCUT2D eigenvalue weighted by molar-refractivity contribution is 7.16. The first-order valence-electron chi connectivity index (χ1n) is 9.10. The van der Waals surface area contributed by atoms with Crippen LogP contribution in [0.5, 0.6) is 0 Å². The Morgan fingerprint density at radius 3 is 2.42 bits per heavy atom. The lowest BCUT2D eigenvalue weighted by atomic mass is 10.1. The van der Waals surface area contributed by atoms with E-state index in [1.165, 1.54) is 16.2 Å². The van der Waals surface area contributed by atoms with Crippen LogP contribution in [0.1, 0.15) is 38.1 Å². The molecule has 2 heterocycles. The molecule has 0 aliphatic carbocycles. The van der Waals surface area contributed by atoms with Crippen molar-refractivity contribution in [3.63, 3.8) is 0 Å². The van der Waals surface area contributed by atoms with E-state index in [1.54, 1.807) is 12.1 Å². The van der Waals surface area contributed by atoms with Gasteiger partial charge in [-0.15, -0.1) is 11.3 Å². The molecule has 2 aromatic rings. The number of hydrogen-bond donors (Lipinski definition) is 2. The number of carbonyl (C=O) groups excluding carboxylic acids is 2. The van der Waals surface area contributed by atoms with Crippen molar-refractivity contribution in [2.45, 2.75) is 20.8 Å². The van der Waals surface area contributed by atoms with Crippen LogP contribution in [0.3, 0.4) is 0 Å². The van der Waals surface area contributed by atoms with Crippen molar-refractivity contribution < 1.29 is 14.5 Å². The van der Waals surface area contributed by atoms with Gasteiger partial charge in [-0.25, -0.2) is 0 Å². The molecule has 1 saturated heterocycles. The molecule has 5 nitrogen and oxygen atoms in total. The quantitative estimate of drug-likeness (QED) is 0.862. The Kier molecular flexibility index (Phi) is 5.74. The van der Waals surface area contributed by atoms with Gasteiger partial charge in [0.05, 0.1) is 38.3 Å². The Morgan fingerprint density at radius 1 is 1.15 bits per heavy atom. The minimum absolute atomic E-state index is 0.0327. The van der Waals surface area contributed by atoms with E-state index in [2.05, 4.69) is 12.2 Å². The SMILES string of the molecule is CC[NH+]1CCN(C(=O)c2c(NC(=O)c3ccccc3)sc(C)c2C)CC1. The maximum absolute atomic E-state index is 13.1. The molecular weight excluding hydrogens is 346 g/mol. The number of aryl methyl sites for hydroxylation is 1. The number of benzene rings is 1. The van der Waals surface area contributed by atoms with Crippen molar-refractivity contribution >= 4 is 28.2 Å². The van der Waals surface area contributed by atoms with Crippen LogP contribution in [-0.4, -0.2) is 49.4 Å². The maximum atomic E-state index is 13.1. The number of nitrogens with one attached hydrogen (secondary N) is 2. The van der Waals surface area contributed by atoms with Gasteiger partial charge in [0.25, 0.3) is 11.8 Å². The zero-order valence-electron chi connectivity index (χ0n) is 15.6. The lowest BCUT2D eigenvalue weighted by Crippen LogP contribution is -3.14. The Morgan fingerprint density at radius 2 is 1.81 bits per heavy atom. The minimum atomic E-state index is -0.179. The molecule has 26 heavy (non-hydrogen) atoms. The monoisotopic (exact) mass is 372 g/mol. The molecule has 138 valence electrons. The summed E-state index contributed by atoms with van der Waals surface area (Å²) in [5.74, 6) is -0.147. The van der Waals surface area contributed by atoms with Crippen LogP contribution in [0.2, 0.25) is 0 Å². The first-order chi connectivity index (χ1) is 12.5. The predicted octanol–water partition coefficient (Wildman–Crippen LogP) is 1.98. The first-order valence-corrected chi connectivity index (χ1v) is 9.92. The summed E-state index contributed by atoms with van der Waals surface area (Å²) in [5.41, 5.74) is 2.21. The van der Waals surface area contributed by atoms with E-state index in [4.69, 9.17) is 0 Å². The van der Waals surface area contributed by atoms with Crippen molar-refractivity contribution in [3.8, 4) is 0 Å². The van der Waals surface area contributed by atoms with Crippen LogP contribution >= 0.6 is 11.3 Å². The molecule has 1 fully saturated rings. The Balaban J connectivity index is 1.81. The molecule has 6 heteroatoms. The summed E-state index contributed by atoms with van der Waals surface area (Å²) < 4.78 is 0. The molecule has 1 aliphatic rings. The third kappa shape index (κ3) is 3.81. The van der Waals surface area contributed by atoms with Crippen LogP contribution < -0.4 is 10.2 Å². The average molecular weight is 373 g/mol. The van der Waals surface area contributed by atoms with Crippen molar-refractivity contribution in [1.29, 1.82) is 0 Å². The molecule has 2 amide bonds. The third-order valence-corrected chi connectivity index (χ3v) is 6.24. The number of likely N-dealkylation sites (N-methyl/N-ethyl adjacent to an activating group) is 1. The number of hydrogen-bond acceptors (Lipinski definition) is 3. The van der Waals surface area contributed by atoms with E-state index in [0.29, 0.717) is 16.1 Å². The van der Waals surface area contributed by atoms with Crippen LogP contribution in [0.25, 0.3) is 0 Å². The molecule has 0 unspecified atom stereocenters. The van der Waals surface area contributed by atoms with Gasteiger partial charge >= 0.3 is 0 Å². The van der Waals surface area contributed by atoms with E-state index >= 15 is 0 Å². The summed E-state index contributed by atoms with van der Waals surface area (Å²) in [5, 5.41) is 3.61. The second-order valence-corrected chi connectivity index (χ2v) is 7.93. The largest absolute Gasteiger partial charge is 0.332 e. The van der Waals surface area contributed by atoms with E-state index < -0.39 is 0 Å². The molecule has 0 radical (unpaired) electrons. The number of anilines is 1. The fourth-order valence-corrected chi connectivity index (χ4v) is 4.32. The lowest BCUT2D eigenvalue weighted by molar-refractivity contribution is -0.902. The van der Waals surface area contributed by atoms with E-state index in [-0.39, 0.29) is 11.8 Å². The van der Waals surface area contributed by atoms with Crippen LogP contribution in [-0.2, 0) is 0 Å². The molecule has 3 rings (SSSR count). The van der Waals surface area contributed by atoms with Gasteiger partial charge in [0.1, 0.15) is 5.00 Å². The number of amides is 2. The van der Waals surface area contributed by atoms with E-state index in [9.17, 15) is 9.59 Å². The Hall–Kier alpha value is -2.18. The number of nitrogens with zero attached hydrogens (tertiary/aromatic N) is 1. The molecule has 1 aromatic carbocycles. The van der Waals surface area contributed by atoms with Gasteiger partial charge in [0, 0.05) is 10.4 Å². The normalized spacial score (nSPS) is 15.1. The average Bonchev–Trinajstić information content (AvgIpc) is 2.95. The molecule has 1 aliphatic heterocycles. The summed E-state index contributed by atoms with van der Waals surface area (Å²) in [6.07, 6.45) is 0. The number of quaternary nitrogens is 1. The molecule has 0 bridgehead atoms. The number of carbonyl (C=O) groups is 2. The van der Waals surface area contributed by atoms with E-state index in [0.717, 1.165) is 43.2 Å². The van der Waals surface area contributed by atoms with Crippen LogP contribution in [0.4, 0.5) is 5.00 Å². The van der Waals surface area contributed by atoms with Gasteiger partial charge in [-0.2, -0.15) is 0 Å². The molecule has 0 atom stereocenters. The molecule has 2 N–H and O–H groups in total. The van der Waals surface area contributed by atoms with Gasteiger partial charge < -0.3 is 15.1 Å². The Bertz CT molecular complexity index is 793. The summed E-state index contributed by atoms with van der Waals surface area (Å²) in [6.45, 7) is 10.7. The smallest absolute Gasteiger partial charge is 0.257 e. The molecule has 1 aromatic heterocycles. The van der Waals surface area contributed by atoms with Crippen molar-refractivity contribution in [3.05, 3.63) is 51.9 Å². The number of thiophene rings is 1. The fourth-order valence-electron chi connectivity index (χ4n) is 3.28. The van der Waals surface area contributed by atoms with Crippen molar-refractivity contribution in [2.24, 2.45) is 0 Å². The molecule has 0 spiro atoms. The van der Waals surface area contributed by atoms with E-state index in [1.807, 2.05) is 36.9 Å². The summed E-state index contributed by atoms with van der Waals surface area (Å²) in [6, 6.07) is 9.10. The van der Waals surface area contributed by atoms with Crippen molar-refractivity contribution in [1.82, 2.24) is 4.90 Å². The first kappa shape index (κ1) is 18.6. The fraction of sp³-hybridized carbons (Fsp3) is 0.400. The number of piperazine rings is 1. The van der Waals surface area contributed by atoms with Gasteiger partial charge in [-0.3, -0.25) is 9.59 Å². The Labute approximate surface area is 158 Å². The van der Waals surface area contributed by atoms with Gasteiger partial charge in [-0.05, 0) is 38.5 Å². The summed E-state index contributed by atoms with van der Waals surface area (Å²) in [4.78, 5) is 30.2. The topological polar surface area (TPSA) is 53.9 Å². The standard InChI is InChI=1S/C20H25N3O2S/c1-4-22-10-12-23(13-11-22)20(25)17-14(2)15(3)26-19(17)21-18(24)16-8-6-5-7-9-16/h5-9H,4,10-13H2,1-3H3,(H,21,24)/p+1. The highest BCUT2D eigenvalue weighted by Gasteiger charge is 2.28. The summed E-state index contributed by atoms with van der Waals surface area (Å²) >= 11 is 1.48. The van der Waals surface area contributed by atoms with Crippen LogP contribution in [0.15, 0.2) is 30.3 Å². The minimum Gasteiger partial charge on any atom is -0.332 e. The lowest BCUT2D eigenvalue weighted by Gasteiger charge is -2.31. The second kappa shape index (κ2) is 8.01. The van der Waals surface area contributed by atoms with Crippen LogP contribution in [0, 0.1) is 13.8 Å². The highest BCUT2D eigenvalue weighted by Crippen LogP contribution is 2.33. The summed E-state index contributed by atoms with van der Waals surface area (Å²) in [7, 11) is 0. The number of rotatable bonds is 4. The van der Waals surface area contributed by atoms with Gasteiger partial charge in [0.2, 0.25) is 0 Å². The predicted molar refractivity (Wildman–Crippen MR) is 105 cm³/mol. The highest BCUT2D eigenvalue weighted by atomic mass is 32.1. The van der Waals surface area contributed by atoms with Gasteiger partial charge in [0.15, 0.2) is 0 Å².